The van der Waals surface area contributed by atoms with Gasteiger partial charge in [0.2, 0.25) is 0 Å². The lowest BCUT2D eigenvalue weighted by molar-refractivity contribution is 0.0964. The summed E-state index contributed by atoms with van der Waals surface area (Å²) in [6, 6.07) is 23.6. The Morgan fingerprint density at radius 1 is 0.964 bits per heavy atom. The van der Waals surface area contributed by atoms with Crippen LogP contribution in [0.4, 0.5) is 5.69 Å². The molecule has 2 atom stereocenters. The minimum absolute atomic E-state index is 0.0101. The van der Waals surface area contributed by atoms with Gasteiger partial charge in [0.25, 0.3) is 5.91 Å². The van der Waals surface area contributed by atoms with Crippen LogP contribution in [0.15, 0.2) is 72.8 Å². The molecule has 1 aliphatic heterocycles. The van der Waals surface area contributed by atoms with Crippen molar-refractivity contribution < 1.29 is 9.59 Å². The number of carbonyl (C=O) groups is 2. The highest BCUT2D eigenvalue weighted by atomic mass is 16.2. The number of amides is 1. The van der Waals surface area contributed by atoms with E-state index in [9.17, 15) is 9.59 Å². The van der Waals surface area contributed by atoms with Crippen LogP contribution in [0.25, 0.3) is 0 Å². The van der Waals surface area contributed by atoms with Gasteiger partial charge in [0.15, 0.2) is 5.78 Å². The van der Waals surface area contributed by atoms with Crippen molar-refractivity contribution in [2.45, 2.75) is 31.7 Å². The zero-order valence-corrected chi connectivity index (χ0v) is 15.8. The summed E-state index contributed by atoms with van der Waals surface area (Å²) in [5, 5.41) is 0. The average Bonchev–Trinajstić information content (AvgIpc) is 3.06. The van der Waals surface area contributed by atoms with Gasteiger partial charge >= 0.3 is 0 Å². The number of nitrogens with zero attached hydrogens (tertiary/aromatic N) is 1. The summed E-state index contributed by atoms with van der Waals surface area (Å²) in [6.45, 7) is 1.99. The van der Waals surface area contributed by atoms with Gasteiger partial charge in [-0.25, -0.2) is 0 Å². The Hall–Kier alpha value is -3.20. The molecule has 1 amide bonds. The minimum Gasteiger partial charge on any atom is -0.300 e. The highest BCUT2D eigenvalue weighted by Crippen LogP contribution is 2.55. The highest BCUT2D eigenvalue weighted by Gasteiger charge is 2.46. The Morgan fingerprint density at radius 2 is 1.64 bits per heavy atom. The number of benzene rings is 3. The first kappa shape index (κ1) is 16.9. The number of hydrogen-bond acceptors (Lipinski definition) is 2. The Kier molecular flexibility index (Phi) is 3.90. The Morgan fingerprint density at radius 3 is 2.36 bits per heavy atom. The molecule has 0 aromatic heterocycles. The maximum Gasteiger partial charge on any atom is 0.258 e. The van der Waals surface area contributed by atoms with Crippen LogP contribution < -0.4 is 4.90 Å². The van der Waals surface area contributed by atoms with Crippen LogP contribution in [-0.2, 0) is 0 Å². The third-order valence-corrected chi connectivity index (χ3v) is 5.96. The Labute approximate surface area is 164 Å². The van der Waals surface area contributed by atoms with Crippen molar-refractivity contribution in [3.8, 4) is 0 Å². The first-order valence-electron chi connectivity index (χ1n) is 9.76. The van der Waals surface area contributed by atoms with Gasteiger partial charge in [-0.05, 0) is 54.3 Å². The molecule has 2 aliphatic rings. The van der Waals surface area contributed by atoms with Crippen LogP contribution in [-0.4, -0.2) is 11.7 Å². The number of rotatable bonds is 2. The summed E-state index contributed by atoms with van der Waals surface area (Å²) < 4.78 is 0. The fourth-order valence-electron chi connectivity index (χ4n) is 4.80. The van der Waals surface area contributed by atoms with Crippen molar-refractivity contribution >= 4 is 17.4 Å². The molecule has 3 heteroatoms. The molecule has 0 N–H and O–H groups in total. The molecule has 3 aromatic carbocycles. The smallest absolute Gasteiger partial charge is 0.258 e. The van der Waals surface area contributed by atoms with E-state index >= 15 is 0 Å². The number of aryl methyl sites for hydroxylation is 1. The third kappa shape index (κ3) is 2.50. The molecular weight excluding hydrogens is 346 g/mol. The van der Waals surface area contributed by atoms with E-state index < -0.39 is 0 Å². The van der Waals surface area contributed by atoms with E-state index in [2.05, 4.69) is 18.2 Å². The maximum absolute atomic E-state index is 13.6. The molecule has 138 valence electrons. The summed E-state index contributed by atoms with van der Waals surface area (Å²) in [6.07, 6.45) is 1.32. The molecule has 0 bridgehead atoms. The molecule has 0 radical (unpaired) electrons. The molecule has 2 unspecified atom stereocenters. The molecule has 28 heavy (non-hydrogen) atoms. The molecular formula is C25H21NO2. The Balaban J connectivity index is 1.74. The van der Waals surface area contributed by atoms with Crippen LogP contribution in [0.5, 0.6) is 0 Å². The van der Waals surface area contributed by atoms with Crippen LogP contribution in [0, 0.1) is 6.92 Å². The van der Waals surface area contributed by atoms with Crippen molar-refractivity contribution in [1.29, 1.82) is 0 Å². The van der Waals surface area contributed by atoms with E-state index in [1.54, 1.807) is 0 Å². The monoisotopic (exact) mass is 367 g/mol. The third-order valence-electron chi connectivity index (χ3n) is 5.96. The summed E-state index contributed by atoms with van der Waals surface area (Å²) in [7, 11) is 0. The fraction of sp³-hybridized carbons (Fsp3) is 0.200. The molecule has 1 aliphatic carbocycles. The normalized spacial score (nSPS) is 20.2. The van der Waals surface area contributed by atoms with E-state index in [0.29, 0.717) is 12.0 Å². The van der Waals surface area contributed by atoms with Gasteiger partial charge in [0, 0.05) is 29.2 Å². The molecule has 0 saturated heterocycles. The number of Topliss-reactive ketones (excluding diaryl/α,β-unsaturated/α-hetero) is 1. The van der Waals surface area contributed by atoms with Crippen LogP contribution in [0.1, 0.15) is 62.2 Å². The average molecular weight is 367 g/mol. The van der Waals surface area contributed by atoms with Crippen molar-refractivity contribution in [2.24, 2.45) is 0 Å². The number of hydrogen-bond donors (Lipinski definition) is 0. The molecule has 3 aromatic rings. The molecule has 5 rings (SSSR count). The maximum atomic E-state index is 13.6. The van der Waals surface area contributed by atoms with Crippen LogP contribution in [0.3, 0.4) is 0 Å². The lowest BCUT2D eigenvalue weighted by Crippen LogP contribution is -2.33. The standard InChI is InChI=1S/C25H21NO2/c1-16-14-20-22(27)13-12-19-23(20)21(15-16)26(24(19)17-8-4-2-5-9-17)25(28)18-10-6-3-7-11-18/h2-11,14-15,19,24H,12-13H2,1H3. The number of carbonyl (C=O) groups excluding carboxylic acids is 2. The topological polar surface area (TPSA) is 37.4 Å². The van der Waals surface area contributed by atoms with Gasteiger partial charge in [-0.2, -0.15) is 0 Å². The van der Waals surface area contributed by atoms with E-state index in [0.717, 1.165) is 34.4 Å². The number of anilines is 1. The fourth-order valence-corrected chi connectivity index (χ4v) is 4.80. The van der Waals surface area contributed by atoms with Crippen molar-refractivity contribution in [1.82, 2.24) is 0 Å². The predicted octanol–water partition coefficient (Wildman–Crippen LogP) is 5.46. The second-order valence-electron chi connectivity index (χ2n) is 7.71. The zero-order chi connectivity index (χ0) is 19.3. The van der Waals surface area contributed by atoms with Crippen molar-refractivity contribution in [2.75, 3.05) is 4.90 Å². The van der Waals surface area contributed by atoms with Crippen LogP contribution in [0.2, 0.25) is 0 Å². The van der Waals surface area contributed by atoms with E-state index in [1.165, 1.54) is 0 Å². The van der Waals surface area contributed by atoms with Gasteiger partial charge in [-0.3, -0.25) is 14.5 Å². The van der Waals surface area contributed by atoms with E-state index in [-0.39, 0.29) is 23.7 Å². The molecule has 3 nitrogen and oxygen atoms in total. The second-order valence-corrected chi connectivity index (χ2v) is 7.71. The lowest BCUT2D eigenvalue weighted by Gasteiger charge is -2.30. The summed E-state index contributed by atoms with van der Waals surface area (Å²) in [5.74, 6) is 0.333. The van der Waals surface area contributed by atoms with Crippen molar-refractivity contribution in [3.63, 3.8) is 0 Å². The molecule has 0 saturated carbocycles. The predicted molar refractivity (Wildman–Crippen MR) is 110 cm³/mol. The quantitative estimate of drug-likeness (QED) is 0.603. The zero-order valence-electron chi connectivity index (χ0n) is 15.8. The minimum atomic E-state index is -0.0856. The number of ketones is 1. The second kappa shape index (κ2) is 6.45. The molecule has 1 heterocycles. The SMILES string of the molecule is Cc1cc2c3c(c1)N(C(=O)c1ccccc1)C(c1ccccc1)C3CCC2=O. The van der Waals surface area contributed by atoms with Crippen molar-refractivity contribution in [3.05, 3.63) is 101 Å². The lowest BCUT2D eigenvalue weighted by atomic mass is 9.78. The molecule has 0 fully saturated rings. The van der Waals surface area contributed by atoms with E-state index in [1.807, 2.05) is 66.4 Å². The van der Waals surface area contributed by atoms with Crippen LogP contribution >= 0.6 is 0 Å². The Bertz CT molecular complexity index is 1070. The largest absolute Gasteiger partial charge is 0.300 e. The van der Waals surface area contributed by atoms with Gasteiger partial charge in [-0.1, -0.05) is 48.5 Å². The van der Waals surface area contributed by atoms with Gasteiger partial charge < -0.3 is 0 Å². The summed E-state index contributed by atoms with van der Waals surface area (Å²) in [5.41, 5.74) is 5.56. The van der Waals surface area contributed by atoms with Gasteiger partial charge in [-0.15, -0.1) is 0 Å². The highest BCUT2D eigenvalue weighted by molar-refractivity contribution is 6.10. The first-order valence-corrected chi connectivity index (χ1v) is 9.76. The van der Waals surface area contributed by atoms with Gasteiger partial charge in [0.1, 0.15) is 0 Å². The van der Waals surface area contributed by atoms with E-state index in [4.69, 9.17) is 0 Å². The summed E-state index contributed by atoms with van der Waals surface area (Å²) in [4.78, 5) is 28.2. The summed E-state index contributed by atoms with van der Waals surface area (Å²) >= 11 is 0. The first-order chi connectivity index (χ1) is 13.6. The molecule has 0 spiro atoms. The van der Waals surface area contributed by atoms with Gasteiger partial charge in [0.05, 0.1) is 6.04 Å².